The topological polar surface area (TPSA) is 85.8 Å². The second-order valence-electron chi connectivity index (χ2n) is 4.63. The van der Waals surface area contributed by atoms with Crippen LogP contribution in [0.4, 0.5) is 5.69 Å². The average Bonchev–Trinajstić information content (AvgIpc) is 2.86. The monoisotopic (exact) mass is 273 g/mol. The zero-order valence-electron chi connectivity index (χ0n) is 11.7. The number of amides is 1. The van der Waals surface area contributed by atoms with Crippen LogP contribution >= 0.6 is 0 Å². The maximum absolute atomic E-state index is 11.8. The Morgan fingerprint density at radius 2 is 2.25 bits per heavy atom. The first-order valence-corrected chi connectivity index (χ1v) is 6.64. The molecule has 0 saturated carbocycles. The third-order valence-electron chi connectivity index (χ3n) is 3.02. The highest BCUT2D eigenvalue weighted by Gasteiger charge is 2.12. The minimum atomic E-state index is -0.476. The van der Waals surface area contributed by atoms with Gasteiger partial charge in [0.25, 0.3) is 0 Å². The molecule has 0 aliphatic rings. The van der Waals surface area contributed by atoms with Crippen LogP contribution in [0, 0.1) is 6.92 Å². The molecule has 0 radical (unpaired) electrons. The SMILES string of the molecule is CCC[C@H](N)C(=O)Nc1ccc(-n2ccnc2C)nc1. The van der Waals surface area contributed by atoms with Gasteiger partial charge in [-0.15, -0.1) is 0 Å². The number of carbonyl (C=O) groups excluding carboxylic acids is 1. The number of nitrogens with two attached hydrogens (primary N) is 1. The second-order valence-corrected chi connectivity index (χ2v) is 4.63. The van der Waals surface area contributed by atoms with Crippen molar-refractivity contribution in [3.05, 3.63) is 36.5 Å². The van der Waals surface area contributed by atoms with Gasteiger partial charge in [-0.25, -0.2) is 9.97 Å². The minimum Gasteiger partial charge on any atom is -0.323 e. The van der Waals surface area contributed by atoms with E-state index in [2.05, 4.69) is 15.3 Å². The number of nitrogens with one attached hydrogen (secondary N) is 1. The summed E-state index contributed by atoms with van der Waals surface area (Å²) in [5.74, 6) is 1.44. The zero-order chi connectivity index (χ0) is 14.5. The number of rotatable bonds is 5. The summed E-state index contributed by atoms with van der Waals surface area (Å²) in [6.07, 6.45) is 6.73. The molecule has 106 valence electrons. The van der Waals surface area contributed by atoms with Crippen molar-refractivity contribution >= 4 is 11.6 Å². The summed E-state index contributed by atoms with van der Waals surface area (Å²) in [5.41, 5.74) is 6.40. The van der Waals surface area contributed by atoms with Gasteiger partial charge in [-0.3, -0.25) is 9.36 Å². The van der Waals surface area contributed by atoms with E-state index < -0.39 is 6.04 Å². The Balaban J connectivity index is 2.06. The van der Waals surface area contributed by atoms with Crippen LogP contribution in [0.3, 0.4) is 0 Å². The van der Waals surface area contributed by atoms with Gasteiger partial charge in [0.05, 0.1) is 17.9 Å². The molecule has 20 heavy (non-hydrogen) atoms. The van der Waals surface area contributed by atoms with Gasteiger partial charge in [0.15, 0.2) is 0 Å². The molecule has 0 bridgehead atoms. The van der Waals surface area contributed by atoms with Crippen molar-refractivity contribution in [3.8, 4) is 5.82 Å². The van der Waals surface area contributed by atoms with E-state index in [1.165, 1.54) is 0 Å². The lowest BCUT2D eigenvalue weighted by Gasteiger charge is -2.11. The van der Waals surface area contributed by atoms with Crippen molar-refractivity contribution in [3.63, 3.8) is 0 Å². The Bertz CT molecular complexity index is 576. The molecular weight excluding hydrogens is 254 g/mol. The lowest BCUT2D eigenvalue weighted by atomic mass is 10.1. The molecule has 2 aromatic heterocycles. The normalized spacial score (nSPS) is 12.2. The number of hydrogen-bond donors (Lipinski definition) is 2. The first kappa shape index (κ1) is 14.2. The Labute approximate surface area is 118 Å². The molecule has 0 aromatic carbocycles. The summed E-state index contributed by atoms with van der Waals surface area (Å²) >= 11 is 0. The maximum atomic E-state index is 11.8. The highest BCUT2D eigenvalue weighted by Crippen LogP contribution is 2.11. The number of nitrogens with zero attached hydrogens (tertiary/aromatic N) is 3. The van der Waals surface area contributed by atoms with Crippen LogP contribution in [0.15, 0.2) is 30.7 Å². The number of aromatic nitrogens is 3. The third kappa shape index (κ3) is 3.21. The van der Waals surface area contributed by atoms with Crippen molar-refractivity contribution in [2.45, 2.75) is 32.7 Å². The Kier molecular flexibility index (Phi) is 4.47. The van der Waals surface area contributed by atoms with E-state index in [0.717, 1.165) is 18.1 Å². The summed E-state index contributed by atoms with van der Waals surface area (Å²) in [5, 5.41) is 2.76. The predicted molar refractivity (Wildman–Crippen MR) is 77.6 cm³/mol. The molecule has 2 aromatic rings. The molecule has 3 N–H and O–H groups in total. The Morgan fingerprint density at radius 3 is 2.80 bits per heavy atom. The molecule has 6 nitrogen and oxygen atoms in total. The molecule has 0 aliphatic heterocycles. The van der Waals surface area contributed by atoms with Gasteiger partial charge < -0.3 is 11.1 Å². The van der Waals surface area contributed by atoms with Crippen LogP contribution in [-0.2, 0) is 4.79 Å². The lowest BCUT2D eigenvalue weighted by Crippen LogP contribution is -2.35. The van der Waals surface area contributed by atoms with Crippen LogP contribution in [0.1, 0.15) is 25.6 Å². The summed E-state index contributed by atoms with van der Waals surface area (Å²) in [6, 6.07) is 3.16. The highest BCUT2D eigenvalue weighted by atomic mass is 16.2. The van der Waals surface area contributed by atoms with Gasteiger partial charge in [0, 0.05) is 12.4 Å². The van der Waals surface area contributed by atoms with Gasteiger partial charge in [-0.2, -0.15) is 0 Å². The summed E-state index contributed by atoms with van der Waals surface area (Å²) < 4.78 is 1.87. The molecule has 2 heterocycles. The van der Waals surface area contributed by atoms with Crippen molar-refractivity contribution in [2.24, 2.45) is 5.73 Å². The first-order valence-electron chi connectivity index (χ1n) is 6.64. The Hall–Kier alpha value is -2.21. The van der Waals surface area contributed by atoms with Gasteiger partial charge in [0.2, 0.25) is 5.91 Å². The van der Waals surface area contributed by atoms with Crippen molar-refractivity contribution in [2.75, 3.05) is 5.32 Å². The van der Waals surface area contributed by atoms with Gasteiger partial charge in [-0.1, -0.05) is 13.3 Å². The molecule has 0 aliphatic carbocycles. The lowest BCUT2D eigenvalue weighted by molar-refractivity contribution is -0.117. The predicted octanol–water partition coefficient (Wildman–Crippen LogP) is 1.64. The number of aryl methyl sites for hydroxylation is 1. The first-order chi connectivity index (χ1) is 9.61. The number of anilines is 1. The smallest absolute Gasteiger partial charge is 0.241 e. The van der Waals surface area contributed by atoms with Crippen molar-refractivity contribution in [1.82, 2.24) is 14.5 Å². The number of hydrogen-bond acceptors (Lipinski definition) is 4. The maximum Gasteiger partial charge on any atom is 0.241 e. The molecular formula is C14H19N5O. The molecule has 0 spiro atoms. The standard InChI is InChI=1S/C14H19N5O/c1-3-4-12(15)14(20)18-11-5-6-13(17-9-11)19-8-7-16-10(19)2/h5-9,12H,3-4,15H2,1-2H3,(H,18,20)/t12-/m0/s1. The van der Waals surface area contributed by atoms with E-state index in [4.69, 9.17) is 5.73 Å². The number of carbonyl (C=O) groups is 1. The fraction of sp³-hybridized carbons (Fsp3) is 0.357. The minimum absolute atomic E-state index is 0.180. The third-order valence-corrected chi connectivity index (χ3v) is 3.02. The fourth-order valence-corrected chi connectivity index (χ4v) is 1.90. The largest absolute Gasteiger partial charge is 0.323 e. The van der Waals surface area contributed by atoms with E-state index in [1.54, 1.807) is 18.5 Å². The summed E-state index contributed by atoms with van der Waals surface area (Å²) in [6.45, 7) is 3.90. The van der Waals surface area contributed by atoms with Crippen LogP contribution in [0.2, 0.25) is 0 Å². The van der Waals surface area contributed by atoms with E-state index >= 15 is 0 Å². The van der Waals surface area contributed by atoms with Crippen molar-refractivity contribution < 1.29 is 4.79 Å². The van der Waals surface area contributed by atoms with E-state index in [1.807, 2.05) is 30.7 Å². The quantitative estimate of drug-likeness (QED) is 0.867. The van der Waals surface area contributed by atoms with Crippen LogP contribution in [-0.4, -0.2) is 26.5 Å². The molecule has 1 atom stereocenters. The number of pyridine rings is 1. The van der Waals surface area contributed by atoms with Crippen molar-refractivity contribution in [1.29, 1.82) is 0 Å². The van der Waals surface area contributed by atoms with Gasteiger partial charge >= 0.3 is 0 Å². The average molecular weight is 273 g/mol. The highest BCUT2D eigenvalue weighted by molar-refractivity contribution is 5.94. The van der Waals surface area contributed by atoms with Gasteiger partial charge in [-0.05, 0) is 25.5 Å². The summed E-state index contributed by atoms with van der Waals surface area (Å²) in [7, 11) is 0. The second kappa shape index (κ2) is 6.29. The summed E-state index contributed by atoms with van der Waals surface area (Å²) in [4.78, 5) is 20.2. The molecule has 2 rings (SSSR count). The van der Waals surface area contributed by atoms with Crippen LogP contribution in [0.5, 0.6) is 0 Å². The molecule has 0 saturated heterocycles. The molecule has 0 unspecified atom stereocenters. The molecule has 1 amide bonds. The Morgan fingerprint density at radius 1 is 1.45 bits per heavy atom. The van der Waals surface area contributed by atoms with E-state index in [9.17, 15) is 4.79 Å². The zero-order valence-corrected chi connectivity index (χ0v) is 11.7. The van der Waals surface area contributed by atoms with Gasteiger partial charge in [0.1, 0.15) is 11.6 Å². The van der Waals surface area contributed by atoms with E-state index in [0.29, 0.717) is 12.1 Å². The number of imidazole rings is 1. The molecule has 6 heteroatoms. The van der Waals surface area contributed by atoms with E-state index in [-0.39, 0.29) is 5.91 Å². The van der Waals surface area contributed by atoms with Crippen LogP contribution in [0.25, 0.3) is 5.82 Å². The van der Waals surface area contributed by atoms with Crippen LogP contribution < -0.4 is 11.1 Å². The molecule has 0 fully saturated rings. The fourth-order valence-electron chi connectivity index (χ4n) is 1.90.